The van der Waals surface area contributed by atoms with Gasteiger partial charge in [-0.15, -0.1) is 0 Å². The van der Waals surface area contributed by atoms with Crippen LogP contribution >= 0.6 is 0 Å². The van der Waals surface area contributed by atoms with Crippen molar-refractivity contribution in [2.75, 3.05) is 26.4 Å². The molecular formula is C13H20FN3O2S. The average Bonchev–Trinajstić information content (AvgIpc) is 2.30. The zero-order valence-electron chi connectivity index (χ0n) is 11.7. The first kappa shape index (κ1) is 15.2. The van der Waals surface area contributed by atoms with Gasteiger partial charge >= 0.3 is 0 Å². The molecule has 20 heavy (non-hydrogen) atoms. The third-order valence-corrected chi connectivity index (χ3v) is 5.49. The third kappa shape index (κ3) is 2.79. The molecule has 1 fully saturated rings. The number of sulfonamides is 1. The Bertz CT molecular complexity index is 598. The Labute approximate surface area is 119 Å². The molecule has 1 aliphatic rings. The Balaban J connectivity index is 2.17. The van der Waals surface area contributed by atoms with Crippen LogP contribution in [0.15, 0.2) is 23.1 Å². The van der Waals surface area contributed by atoms with Gasteiger partial charge in [0.25, 0.3) is 0 Å². The SMILES string of the molecule is CN(C)C1(CNS(=O)(=O)c2cc(N)ccc2F)CCC1. The summed E-state index contributed by atoms with van der Waals surface area (Å²) in [5.74, 6) is -0.792. The lowest BCUT2D eigenvalue weighted by atomic mass is 9.76. The maximum absolute atomic E-state index is 13.7. The highest BCUT2D eigenvalue weighted by Crippen LogP contribution is 2.35. The number of hydrogen-bond acceptors (Lipinski definition) is 4. The van der Waals surface area contributed by atoms with Crippen molar-refractivity contribution in [2.24, 2.45) is 0 Å². The predicted octanol–water partition coefficient (Wildman–Crippen LogP) is 1.17. The van der Waals surface area contributed by atoms with Crippen LogP contribution in [0.4, 0.5) is 10.1 Å². The van der Waals surface area contributed by atoms with Crippen LogP contribution < -0.4 is 10.5 Å². The van der Waals surface area contributed by atoms with Crippen LogP contribution in [0.5, 0.6) is 0 Å². The monoisotopic (exact) mass is 301 g/mol. The summed E-state index contributed by atoms with van der Waals surface area (Å²) < 4.78 is 40.5. The smallest absolute Gasteiger partial charge is 0.243 e. The number of hydrogen-bond donors (Lipinski definition) is 2. The minimum absolute atomic E-state index is 0.163. The highest BCUT2D eigenvalue weighted by molar-refractivity contribution is 7.89. The van der Waals surface area contributed by atoms with Gasteiger partial charge in [-0.05, 0) is 51.6 Å². The Morgan fingerprint density at radius 1 is 1.40 bits per heavy atom. The second-order valence-electron chi connectivity index (χ2n) is 5.49. The summed E-state index contributed by atoms with van der Waals surface area (Å²) in [6, 6.07) is 3.54. The molecule has 0 saturated heterocycles. The number of anilines is 1. The Kier molecular flexibility index (Phi) is 4.04. The van der Waals surface area contributed by atoms with Gasteiger partial charge in [0.05, 0.1) is 0 Å². The van der Waals surface area contributed by atoms with Crippen molar-refractivity contribution < 1.29 is 12.8 Å². The zero-order chi connectivity index (χ0) is 15.0. The quantitative estimate of drug-likeness (QED) is 0.801. The van der Waals surface area contributed by atoms with Crippen molar-refractivity contribution in [1.29, 1.82) is 0 Å². The molecule has 1 aromatic rings. The van der Waals surface area contributed by atoms with Crippen molar-refractivity contribution in [1.82, 2.24) is 9.62 Å². The van der Waals surface area contributed by atoms with Gasteiger partial charge in [0.1, 0.15) is 10.7 Å². The standard InChI is InChI=1S/C13H20FN3O2S/c1-17(2)13(6-3-7-13)9-16-20(18,19)12-8-10(15)4-5-11(12)14/h4-5,8,16H,3,6-7,9,15H2,1-2H3. The molecule has 0 aliphatic heterocycles. The van der Waals surface area contributed by atoms with E-state index >= 15 is 0 Å². The number of nitrogens with two attached hydrogens (primary N) is 1. The molecule has 0 atom stereocenters. The average molecular weight is 301 g/mol. The molecule has 0 spiro atoms. The van der Waals surface area contributed by atoms with Crippen molar-refractivity contribution in [2.45, 2.75) is 29.7 Å². The van der Waals surface area contributed by atoms with Gasteiger partial charge in [-0.2, -0.15) is 0 Å². The molecule has 0 heterocycles. The van der Waals surface area contributed by atoms with Crippen LogP contribution in [0.25, 0.3) is 0 Å². The Hall–Kier alpha value is -1.18. The summed E-state index contributed by atoms with van der Waals surface area (Å²) in [7, 11) is -0.0377. The molecule has 1 aromatic carbocycles. The molecule has 1 aliphatic carbocycles. The van der Waals surface area contributed by atoms with Crippen LogP contribution in [-0.2, 0) is 10.0 Å². The van der Waals surface area contributed by atoms with E-state index in [0.717, 1.165) is 31.4 Å². The Morgan fingerprint density at radius 3 is 2.55 bits per heavy atom. The maximum atomic E-state index is 13.7. The molecule has 3 N–H and O–H groups in total. The van der Waals surface area contributed by atoms with E-state index in [-0.39, 0.29) is 17.8 Å². The lowest BCUT2D eigenvalue weighted by Crippen LogP contribution is -2.57. The topological polar surface area (TPSA) is 75.4 Å². The largest absolute Gasteiger partial charge is 0.399 e. The molecule has 0 unspecified atom stereocenters. The van der Waals surface area contributed by atoms with Gasteiger partial charge in [0, 0.05) is 17.8 Å². The van der Waals surface area contributed by atoms with Crippen molar-refractivity contribution >= 4 is 15.7 Å². The van der Waals surface area contributed by atoms with Gasteiger partial charge in [-0.3, -0.25) is 0 Å². The first-order chi connectivity index (χ1) is 9.27. The molecule has 0 aromatic heterocycles. The molecule has 112 valence electrons. The van der Waals surface area contributed by atoms with E-state index in [0.29, 0.717) is 0 Å². The van der Waals surface area contributed by atoms with Gasteiger partial charge in [0.15, 0.2) is 0 Å². The van der Waals surface area contributed by atoms with Crippen molar-refractivity contribution in [3.63, 3.8) is 0 Å². The fourth-order valence-electron chi connectivity index (χ4n) is 2.40. The summed E-state index contributed by atoms with van der Waals surface area (Å²) in [6.07, 6.45) is 2.94. The number of benzene rings is 1. The normalized spacial score (nSPS) is 18.0. The van der Waals surface area contributed by atoms with Gasteiger partial charge in [-0.1, -0.05) is 0 Å². The maximum Gasteiger partial charge on any atom is 0.243 e. The van der Waals surface area contributed by atoms with Crippen LogP contribution in [0.3, 0.4) is 0 Å². The predicted molar refractivity (Wildman–Crippen MR) is 76.3 cm³/mol. The van der Waals surface area contributed by atoms with Gasteiger partial charge < -0.3 is 10.6 Å². The van der Waals surface area contributed by atoms with Gasteiger partial charge in [-0.25, -0.2) is 17.5 Å². The summed E-state index contributed by atoms with van der Waals surface area (Å²) >= 11 is 0. The number of nitrogens with zero attached hydrogens (tertiary/aromatic N) is 1. The number of likely N-dealkylation sites (N-methyl/N-ethyl adjacent to an activating group) is 1. The number of nitrogen functional groups attached to an aromatic ring is 1. The number of halogens is 1. The molecule has 0 radical (unpaired) electrons. The Morgan fingerprint density at radius 2 is 2.05 bits per heavy atom. The molecular weight excluding hydrogens is 281 g/mol. The fraction of sp³-hybridized carbons (Fsp3) is 0.538. The van der Waals surface area contributed by atoms with E-state index in [1.807, 2.05) is 19.0 Å². The first-order valence-corrected chi connectivity index (χ1v) is 7.97. The summed E-state index contributed by atoms with van der Waals surface area (Å²) in [6.45, 7) is 0.274. The first-order valence-electron chi connectivity index (χ1n) is 6.49. The van der Waals surface area contributed by atoms with E-state index in [2.05, 4.69) is 4.72 Å². The van der Waals surface area contributed by atoms with Crippen LogP contribution in [-0.4, -0.2) is 39.5 Å². The lowest BCUT2D eigenvalue weighted by Gasteiger charge is -2.47. The number of nitrogens with one attached hydrogen (secondary N) is 1. The molecule has 0 amide bonds. The van der Waals surface area contributed by atoms with Crippen molar-refractivity contribution in [3.8, 4) is 0 Å². The van der Waals surface area contributed by atoms with E-state index in [1.165, 1.54) is 6.07 Å². The minimum Gasteiger partial charge on any atom is -0.399 e. The van der Waals surface area contributed by atoms with Gasteiger partial charge in [0.2, 0.25) is 10.0 Å². The second-order valence-corrected chi connectivity index (χ2v) is 7.22. The summed E-state index contributed by atoms with van der Waals surface area (Å²) in [5.41, 5.74) is 5.58. The number of rotatable bonds is 5. The van der Waals surface area contributed by atoms with Crippen LogP contribution in [0.1, 0.15) is 19.3 Å². The van der Waals surface area contributed by atoms with E-state index in [9.17, 15) is 12.8 Å². The molecule has 1 saturated carbocycles. The van der Waals surface area contributed by atoms with E-state index in [1.54, 1.807) is 0 Å². The third-order valence-electron chi connectivity index (χ3n) is 4.07. The highest BCUT2D eigenvalue weighted by Gasteiger charge is 2.40. The molecule has 0 bridgehead atoms. The second kappa shape index (κ2) is 5.31. The van der Waals surface area contributed by atoms with Crippen LogP contribution in [0.2, 0.25) is 0 Å². The summed E-state index contributed by atoms with van der Waals surface area (Å²) in [5, 5.41) is 0. The van der Waals surface area contributed by atoms with Crippen LogP contribution in [0, 0.1) is 5.82 Å². The fourth-order valence-corrected chi connectivity index (χ4v) is 3.63. The highest BCUT2D eigenvalue weighted by atomic mass is 32.2. The molecule has 7 heteroatoms. The van der Waals surface area contributed by atoms with E-state index in [4.69, 9.17) is 5.73 Å². The van der Waals surface area contributed by atoms with Crippen molar-refractivity contribution in [3.05, 3.63) is 24.0 Å². The summed E-state index contributed by atoms with van der Waals surface area (Å²) in [4.78, 5) is 1.63. The lowest BCUT2D eigenvalue weighted by molar-refractivity contribution is 0.0656. The van der Waals surface area contributed by atoms with E-state index < -0.39 is 20.7 Å². The minimum atomic E-state index is -3.89. The molecule has 5 nitrogen and oxygen atoms in total. The molecule has 2 rings (SSSR count). The zero-order valence-corrected chi connectivity index (χ0v) is 12.5.